The van der Waals surface area contributed by atoms with E-state index in [-0.39, 0.29) is 0 Å². The Morgan fingerprint density at radius 1 is 0.765 bits per heavy atom. The van der Waals surface area contributed by atoms with Crippen LogP contribution in [0.15, 0.2) is 67.3 Å². The van der Waals surface area contributed by atoms with Crippen molar-refractivity contribution >= 4 is 41.9 Å². The van der Waals surface area contributed by atoms with Crippen molar-refractivity contribution in [3.8, 4) is 0 Å². The van der Waals surface area contributed by atoms with Crippen molar-refractivity contribution in [2.45, 2.75) is 9.79 Å². The Hall–Kier alpha value is -0.250. The molecular formula is C14H14Br2S. The molecule has 2 aromatic carbocycles. The summed E-state index contributed by atoms with van der Waals surface area (Å²) in [6.07, 6.45) is 4.66. The van der Waals surface area contributed by atoms with Crippen LogP contribution in [0.3, 0.4) is 0 Å². The zero-order valence-corrected chi connectivity index (χ0v) is 13.8. The van der Waals surface area contributed by atoms with Crippen molar-refractivity contribution < 1.29 is 0 Å². The van der Waals surface area contributed by atoms with E-state index in [1.54, 1.807) is 0 Å². The monoisotopic (exact) mass is 372 g/mol. The van der Waals surface area contributed by atoms with E-state index in [1.807, 2.05) is 0 Å². The molecule has 2 rings (SSSR count). The molecule has 2 aromatic rings. The zero-order valence-electron chi connectivity index (χ0n) is 9.78. The van der Waals surface area contributed by atoms with Crippen LogP contribution in [0.5, 0.6) is 0 Å². The van der Waals surface area contributed by atoms with Crippen molar-refractivity contribution in [1.82, 2.24) is 0 Å². The summed E-state index contributed by atoms with van der Waals surface area (Å²) in [7, 11) is -0.944. The average molecular weight is 374 g/mol. The summed E-state index contributed by atoms with van der Waals surface area (Å²) in [6.45, 7) is 0. The van der Waals surface area contributed by atoms with Gasteiger partial charge in [-0.2, -0.15) is 10.0 Å². The van der Waals surface area contributed by atoms with Gasteiger partial charge in [0.2, 0.25) is 0 Å². The molecule has 0 atom stereocenters. The van der Waals surface area contributed by atoms with Crippen molar-refractivity contribution in [2.75, 3.05) is 12.5 Å². The molecule has 0 spiro atoms. The van der Waals surface area contributed by atoms with Gasteiger partial charge in [-0.15, -0.1) is 0 Å². The fourth-order valence-corrected chi connectivity index (χ4v) is 4.76. The Morgan fingerprint density at radius 2 is 1.18 bits per heavy atom. The Morgan fingerprint density at radius 3 is 1.53 bits per heavy atom. The fourth-order valence-electron chi connectivity index (χ4n) is 1.70. The smallest absolute Gasteiger partial charge is 0.0185 e. The van der Waals surface area contributed by atoms with E-state index in [2.05, 4.69) is 92.9 Å². The molecule has 0 saturated heterocycles. The van der Waals surface area contributed by atoms with Gasteiger partial charge in [-0.05, 0) is 58.7 Å². The third-order valence-electron chi connectivity index (χ3n) is 2.77. The van der Waals surface area contributed by atoms with Crippen LogP contribution in [0.4, 0.5) is 0 Å². The van der Waals surface area contributed by atoms with E-state index in [0.717, 1.165) is 8.95 Å². The van der Waals surface area contributed by atoms with Gasteiger partial charge >= 0.3 is 0 Å². The molecule has 0 fully saturated rings. The topological polar surface area (TPSA) is 0 Å². The minimum atomic E-state index is -0.944. The Labute approximate surface area is 121 Å². The van der Waals surface area contributed by atoms with E-state index < -0.39 is 10.0 Å². The van der Waals surface area contributed by atoms with E-state index in [9.17, 15) is 0 Å². The van der Waals surface area contributed by atoms with Crippen molar-refractivity contribution in [2.24, 2.45) is 0 Å². The molecule has 0 radical (unpaired) electrons. The van der Waals surface area contributed by atoms with Crippen LogP contribution in [0.1, 0.15) is 0 Å². The second kappa shape index (κ2) is 5.17. The highest BCUT2D eigenvalue weighted by molar-refractivity contribution is 9.10. The van der Waals surface area contributed by atoms with Gasteiger partial charge in [-0.1, -0.05) is 44.0 Å². The normalized spacial score (nSPS) is 12.5. The molecule has 17 heavy (non-hydrogen) atoms. The fraction of sp³-hybridized carbons (Fsp3) is 0.143. The first-order valence-electron chi connectivity index (χ1n) is 5.25. The second-order valence-corrected chi connectivity index (χ2v) is 9.67. The standard InChI is InChI=1S/C14H14Br2S/c1-17(2,13-7-3-5-11(15)9-13)14-8-4-6-12(16)10-14/h3-10H,1-2H3. The summed E-state index contributed by atoms with van der Waals surface area (Å²) in [4.78, 5) is 2.79. The van der Waals surface area contributed by atoms with E-state index >= 15 is 0 Å². The Bertz CT molecular complexity index is 488. The molecule has 0 unspecified atom stereocenters. The van der Waals surface area contributed by atoms with Gasteiger partial charge in [0.05, 0.1) is 0 Å². The van der Waals surface area contributed by atoms with Gasteiger partial charge in [0, 0.05) is 8.95 Å². The summed E-state index contributed by atoms with van der Waals surface area (Å²) in [6, 6.07) is 17.2. The number of hydrogen-bond acceptors (Lipinski definition) is 0. The highest BCUT2D eigenvalue weighted by Crippen LogP contribution is 2.57. The zero-order chi connectivity index (χ0) is 12.5. The molecule has 0 aliphatic carbocycles. The second-order valence-electron chi connectivity index (χ2n) is 4.24. The first-order valence-corrected chi connectivity index (χ1v) is 9.28. The molecule has 0 heterocycles. The number of hydrogen-bond donors (Lipinski definition) is 0. The Kier molecular flexibility index (Phi) is 4.01. The number of rotatable bonds is 2. The van der Waals surface area contributed by atoms with Crippen LogP contribution in [0.25, 0.3) is 0 Å². The molecule has 0 nitrogen and oxygen atoms in total. The van der Waals surface area contributed by atoms with Gasteiger partial charge in [-0.25, -0.2) is 0 Å². The lowest BCUT2D eigenvalue weighted by Crippen LogP contribution is -1.97. The van der Waals surface area contributed by atoms with Crippen molar-refractivity contribution in [3.63, 3.8) is 0 Å². The third-order valence-corrected chi connectivity index (χ3v) is 6.62. The molecule has 0 aliphatic heterocycles. The molecule has 0 aliphatic rings. The molecule has 3 heteroatoms. The summed E-state index contributed by atoms with van der Waals surface area (Å²) in [5.41, 5.74) is 0. The van der Waals surface area contributed by atoms with E-state index in [4.69, 9.17) is 0 Å². The van der Waals surface area contributed by atoms with Gasteiger partial charge < -0.3 is 0 Å². The maximum atomic E-state index is 3.55. The van der Waals surface area contributed by atoms with Crippen molar-refractivity contribution in [3.05, 3.63) is 57.5 Å². The van der Waals surface area contributed by atoms with Crippen LogP contribution in [-0.2, 0) is 0 Å². The first-order chi connectivity index (χ1) is 8.00. The highest BCUT2D eigenvalue weighted by Gasteiger charge is 2.17. The van der Waals surface area contributed by atoms with Crippen molar-refractivity contribution in [1.29, 1.82) is 0 Å². The van der Waals surface area contributed by atoms with Crippen LogP contribution >= 0.6 is 41.9 Å². The van der Waals surface area contributed by atoms with Crippen LogP contribution in [0, 0.1) is 0 Å². The molecule has 0 aromatic heterocycles. The predicted octanol–water partition coefficient (Wildman–Crippen LogP) is 5.69. The maximum absolute atomic E-state index is 3.55. The summed E-state index contributed by atoms with van der Waals surface area (Å²) >= 11 is 7.09. The van der Waals surface area contributed by atoms with Crippen LogP contribution in [-0.4, -0.2) is 12.5 Å². The number of halogens is 2. The van der Waals surface area contributed by atoms with Crippen LogP contribution in [0.2, 0.25) is 0 Å². The summed E-state index contributed by atoms with van der Waals surface area (Å²) < 4.78 is 2.29. The van der Waals surface area contributed by atoms with Gasteiger partial charge in [-0.3, -0.25) is 0 Å². The minimum Gasteiger partial charge on any atom is -0.194 e. The molecule has 90 valence electrons. The van der Waals surface area contributed by atoms with Crippen LogP contribution < -0.4 is 0 Å². The van der Waals surface area contributed by atoms with E-state index in [0.29, 0.717) is 0 Å². The average Bonchev–Trinajstić information content (AvgIpc) is 2.29. The highest BCUT2D eigenvalue weighted by atomic mass is 79.9. The lowest BCUT2D eigenvalue weighted by Gasteiger charge is -2.32. The van der Waals surface area contributed by atoms with Gasteiger partial charge in [0.15, 0.2) is 0 Å². The SMILES string of the molecule is CS(C)(c1cccc(Br)c1)c1cccc(Br)c1. The lowest BCUT2D eigenvalue weighted by atomic mass is 10.4. The summed E-state index contributed by atoms with van der Waals surface area (Å²) in [5, 5.41) is 0. The number of benzene rings is 2. The molecule has 0 saturated carbocycles. The quantitative estimate of drug-likeness (QED) is 0.633. The van der Waals surface area contributed by atoms with Gasteiger partial charge in [0.25, 0.3) is 0 Å². The van der Waals surface area contributed by atoms with Gasteiger partial charge in [0.1, 0.15) is 0 Å². The summed E-state index contributed by atoms with van der Waals surface area (Å²) in [5.74, 6) is 0. The molecular weight excluding hydrogens is 360 g/mol. The first kappa shape index (κ1) is 13.2. The molecule has 0 bridgehead atoms. The minimum absolute atomic E-state index is 0.944. The largest absolute Gasteiger partial charge is 0.194 e. The Balaban J connectivity index is 2.49. The molecule has 0 amide bonds. The predicted molar refractivity (Wildman–Crippen MR) is 84.3 cm³/mol. The maximum Gasteiger partial charge on any atom is 0.0185 e. The van der Waals surface area contributed by atoms with E-state index in [1.165, 1.54) is 9.79 Å². The lowest BCUT2D eigenvalue weighted by molar-refractivity contribution is 1.34. The third kappa shape index (κ3) is 2.95. The molecule has 0 N–H and O–H groups in total.